The highest BCUT2D eigenvalue weighted by molar-refractivity contribution is 7.86. The molecular weight excluding hydrogens is 433 g/mol. The minimum absolute atomic E-state index is 0.162. The molecular formula is C15H22F5NO7S. The topological polar surface area (TPSA) is 110 Å². The highest BCUT2D eigenvalue weighted by atomic mass is 32.2. The molecule has 0 aliphatic carbocycles. The van der Waals surface area contributed by atoms with Crippen LogP contribution in [0.3, 0.4) is 0 Å². The minimum atomic E-state index is -6.19. The number of carbonyl (C=O) groups is 2. The summed E-state index contributed by atoms with van der Waals surface area (Å²) < 4.78 is 106. The SMILES string of the molecule is C=C(C)C(=O)OC(OCC(F)(F)S(=O)(=O)O)(C(=O)N(CCC)CCC)C(F)(F)F. The molecule has 1 unspecified atom stereocenters. The Morgan fingerprint density at radius 2 is 1.52 bits per heavy atom. The van der Waals surface area contributed by atoms with Gasteiger partial charge in [-0.05, 0) is 19.8 Å². The lowest BCUT2D eigenvalue weighted by Gasteiger charge is -2.37. The zero-order valence-electron chi connectivity index (χ0n) is 15.9. The van der Waals surface area contributed by atoms with Gasteiger partial charge in [-0.1, -0.05) is 20.4 Å². The summed E-state index contributed by atoms with van der Waals surface area (Å²) in [7, 11) is -6.19. The van der Waals surface area contributed by atoms with Crippen molar-refractivity contribution < 1.29 is 54.0 Å². The second-order valence-electron chi connectivity index (χ2n) is 5.98. The second-order valence-corrected chi connectivity index (χ2v) is 7.52. The van der Waals surface area contributed by atoms with Crippen molar-refractivity contribution in [3.8, 4) is 0 Å². The first-order chi connectivity index (χ1) is 13.0. The van der Waals surface area contributed by atoms with Crippen LogP contribution >= 0.6 is 0 Å². The molecule has 0 aromatic rings. The van der Waals surface area contributed by atoms with Crippen LogP contribution in [0.2, 0.25) is 0 Å². The van der Waals surface area contributed by atoms with Crippen LogP contribution in [0.5, 0.6) is 0 Å². The van der Waals surface area contributed by atoms with Crippen LogP contribution in [0, 0.1) is 0 Å². The van der Waals surface area contributed by atoms with E-state index in [1.807, 2.05) is 0 Å². The highest BCUT2D eigenvalue weighted by Crippen LogP contribution is 2.39. The van der Waals surface area contributed by atoms with E-state index in [-0.39, 0.29) is 25.9 Å². The normalized spacial score (nSPS) is 14.8. The van der Waals surface area contributed by atoms with Gasteiger partial charge in [-0.3, -0.25) is 9.35 Å². The van der Waals surface area contributed by atoms with Crippen LogP contribution in [0.1, 0.15) is 33.6 Å². The Morgan fingerprint density at radius 1 is 1.07 bits per heavy atom. The lowest BCUT2D eigenvalue weighted by molar-refractivity contribution is -0.356. The van der Waals surface area contributed by atoms with Crippen molar-refractivity contribution in [1.82, 2.24) is 4.90 Å². The second kappa shape index (κ2) is 9.80. The molecule has 0 fully saturated rings. The zero-order chi connectivity index (χ0) is 23.3. The molecule has 29 heavy (non-hydrogen) atoms. The third kappa shape index (κ3) is 6.60. The molecule has 1 atom stereocenters. The number of nitrogens with zero attached hydrogens (tertiary/aromatic N) is 1. The number of hydrogen-bond donors (Lipinski definition) is 1. The maximum atomic E-state index is 13.8. The molecule has 1 amide bonds. The van der Waals surface area contributed by atoms with Gasteiger partial charge >= 0.3 is 39.2 Å². The monoisotopic (exact) mass is 455 g/mol. The molecule has 0 aromatic carbocycles. The molecule has 170 valence electrons. The molecule has 0 radical (unpaired) electrons. The van der Waals surface area contributed by atoms with Crippen LogP contribution in [-0.2, 0) is 29.2 Å². The van der Waals surface area contributed by atoms with Crippen molar-refractivity contribution in [2.24, 2.45) is 0 Å². The van der Waals surface area contributed by atoms with Gasteiger partial charge in [0.1, 0.15) is 6.61 Å². The fourth-order valence-corrected chi connectivity index (χ4v) is 2.14. The third-order valence-corrected chi connectivity index (χ3v) is 4.21. The smallest absolute Gasteiger partial charge is 0.412 e. The zero-order valence-corrected chi connectivity index (χ0v) is 16.7. The number of alkyl halides is 5. The number of halogens is 5. The van der Waals surface area contributed by atoms with Crippen LogP contribution in [-0.4, -0.2) is 66.7 Å². The average Bonchev–Trinajstić information content (AvgIpc) is 2.55. The summed E-state index contributed by atoms with van der Waals surface area (Å²) in [5.41, 5.74) is -0.617. The van der Waals surface area contributed by atoms with E-state index in [1.165, 1.54) is 13.8 Å². The first-order valence-electron chi connectivity index (χ1n) is 8.20. The molecule has 0 rings (SSSR count). The van der Waals surface area contributed by atoms with E-state index >= 15 is 0 Å². The predicted octanol–water partition coefficient (Wildman–Crippen LogP) is 2.51. The molecule has 8 nitrogen and oxygen atoms in total. The van der Waals surface area contributed by atoms with E-state index in [4.69, 9.17) is 4.55 Å². The van der Waals surface area contributed by atoms with Gasteiger partial charge in [0.25, 0.3) is 0 Å². The van der Waals surface area contributed by atoms with Gasteiger partial charge in [-0.15, -0.1) is 0 Å². The van der Waals surface area contributed by atoms with Gasteiger partial charge in [0.05, 0.1) is 0 Å². The lowest BCUT2D eigenvalue weighted by atomic mass is 10.2. The van der Waals surface area contributed by atoms with Crippen molar-refractivity contribution >= 4 is 22.0 Å². The molecule has 0 aromatic heterocycles. The summed E-state index contributed by atoms with van der Waals surface area (Å²) in [5.74, 6) is -8.41. The van der Waals surface area contributed by atoms with Crippen molar-refractivity contribution in [1.29, 1.82) is 0 Å². The van der Waals surface area contributed by atoms with Gasteiger partial charge in [0.15, 0.2) is 0 Å². The standard InChI is InChI=1S/C15H22F5NO7S/c1-5-7-21(8-6-2)12(23)14(15(18,19)20,28-11(22)10(3)4)27-9-13(16,17)29(24,25)26/h3,5-9H2,1-2,4H3,(H,24,25,26). The molecule has 0 saturated carbocycles. The molecule has 1 N–H and O–H groups in total. The fourth-order valence-electron chi connectivity index (χ4n) is 1.94. The molecule has 0 heterocycles. The van der Waals surface area contributed by atoms with E-state index in [0.717, 1.165) is 6.92 Å². The summed E-state index contributed by atoms with van der Waals surface area (Å²) in [4.78, 5) is 24.9. The van der Waals surface area contributed by atoms with Crippen molar-refractivity contribution in [3.05, 3.63) is 12.2 Å². The number of carbonyl (C=O) groups excluding carboxylic acids is 2. The summed E-state index contributed by atoms with van der Waals surface area (Å²) >= 11 is 0. The summed E-state index contributed by atoms with van der Waals surface area (Å²) in [6.07, 6.45) is -5.56. The van der Waals surface area contributed by atoms with E-state index in [0.29, 0.717) is 4.90 Å². The average molecular weight is 455 g/mol. The molecule has 14 heteroatoms. The maximum absolute atomic E-state index is 13.8. The van der Waals surface area contributed by atoms with Gasteiger partial charge in [0, 0.05) is 18.7 Å². The van der Waals surface area contributed by atoms with E-state index in [2.05, 4.69) is 16.1 Å². The van der Waals surface area contributed by atoms with Crippen molar-refractivity contribution in [2.45, 2.75) is 50.8 Å². The predicted molar refractivity (Wildman–Crippen MR) is 89.3 cm³/mol. The number of esters is 1. The lowest BCUT2D eigenvalue weighted by Crippen LogP contribution is -2.63. The quantitative estimate of drug-likeness (QED) is 0.168. The van der Waals surface area contributed by atoms with Crippen LogP contribution < -0.4 is 0 Å². The summed E-state index contributed by atoms with van der Waals surface area (Å²) in [5, 5.41) is -5.22. The fraction of sp³-hybridized carbons (Fsp3) is 0.733. The van der Waals surface area contributed by atoms with Crippen molar-refractivity contribution in [2.75, 3.05) is 19.7 Å². The van der Waals surface area contributed by atoms with Gasteiger partial charge in [-0.25, -0.2) is 4.79 Å². The van der Waals surface area contributed by atoms with Crippen LogP contribution in [0.15, 0.2) is 12.2 Å². The largest absolute Gasteiger partial charge is 0.466 e. The Balaban J connectivity index is 6.44. The van der Waals surface area contributed by atoms with E-state index in [1.54, 1.807) is 0 Å². The van der Waals surface area contributed by atoms with E-state index in [9.17, 15) is 40.0 Å². The highest BCUT2D eigenvalue weighted by Gasteiger charge is 2.68. The number of rotatable bonds is 11. The van der Waals surface area contributed by atoms with Gasteiger partial charge in [-0.2, -0.15) is 30.4 Å². The Bertz CT molecular complexity index is 717. The Labute approximate surface area is 164 Å². The Kier molecular flexibility index (Phi) is 9.19. The van der Waals surface area contributed by atoms with Gasteiger partial charge in [0.2, 0.25) is 0 Å². The number of amides is 1. The van der Waals surface area contributed by atoms with Crippen LogP contribution in [0.25, 0.3) is 0 Å². The minimum Gasteiger partial charge on any atom is -0.412 e. The summed E-state index contributed by atoms with van der Waals surface area (Å²) in [6, 6.07) is 0. The molecule has 0 spiro atoms. The molecule has 0 aliphatic rings. The molecule has 0 saturated heterocycles. The van der Waals surface area contributed by atoms with Crippen LogP contribution in [0.4, 0.5) is 22.0 Å². The number of ether oxygens (including phenoxy) is 2. The Morgan fingerprint density at radius 3 is 1.83 bits per heavy atom. The molecule has 0 bridgehead atoms. The van der Waals surface area contributed by atoms with Gasteiger partial charge < -0.3 is 14.4 Å². The van der Waals surface area contributed by atoms with E-state index < -0.39 is 51.4 Å². The first-order valence-corrected chi connectivity index (χ1v) is 9.64. The molecule has 0 aliphatic heterocycles. The first kappa shape index (κ1) is 27.2. The Hall–Kier alpha value is -1.80. The summed E-state index contributed by atoms with van der Waals surface area (Å²) in [6.45, 7) is 3.83. The van der Waals surface area contributed by atoms with Crippen molar-refractivity contribution in [3.63, 3.8) is 0 Å². The third-order valence-electron chi connectivity index (χ3n) is 3.33. The maximum Gasteiger partial charge on any atom is 0.466 e. The number of hydrogen-bond acceptors (Lipinski definition) is 6.